The van der Waals surface area contributed by atoms with Crippen molar-refractivity contribution < 1.29 is 4.79 Å². The molecule has 0 heterocycles. The van der Waals surface area contributed by atoms with Crippen LogP contribution in [-0.4, -0.2) is 5.78 Å². The third-order valence-electron chi connectivity index (χ3n) is 2.68. The summed E-state index contributed by atoms with van der Waals surface area (Å²) in [4.78, 5) is 11.6. The van der Waals surface area contributed by atoms with Crippen molar-refractivity contribution in [2.45, 2.75) is 27.7 Å². The molecule has 0 aliphatic heterocycles. The first-order valence-electron chi connectivity index (χ1n) is 4.29. The fraction of sp³-hybridized carbons (Fsp3) is 0.700. The zero-order valence-corrected chi connectivity index (χ0v) is 9.60. The Labute approximate surface area is 82.4 Å². The van der Waals surface area contributed by atoms with Gasteiger partial charge in [0.15, 0.2) is 5.78 Å². The van der Waals surface area contributed by atoms with Gasteiger partial charge in [-0.2, -0.15) is 0 Å². The molecule has 0 amide bonds. The first kappa shape index (κ1) is 9.97. The lowest BCUT2D eigenvalue weighted by atomic mass is 9.75. The molecule has 1 rings (SSSR count). The van der Waals surface area contributed by atoms with Crippen molar-refractivity contribution in [3.05, 3.63) is 10.6 Å². The summed E-state index contributed by atoms with van der Waals surface area (Å²) in [6.07, 6.45) is 2.05. The highest BCUT2D eigenvalue weighted by Gasteiger charge is 2.43. The van der Waals surface area contributed by atoms with Crippen molar-refractivity contribution in [1.82, 2.24) is 0 Å². The smallest absolute Gasteiger partial charge is 0.175 e. The number of allylic oxidation sites excluding steroid dienone is 2. The van der Waals surface area contributed by atoms with Gasteiger partial charge in [-0.1, -0.05) is 33.8 Å². The van der Waals surface area contributed by atoms with Crippen LogP contribution in [0.5, 0.6) is 0 Å². The summed E-state index contributed by atoms with van der Waals surface area (Å²) >= 11 is 3.30. The van der Waals surface area contributed by atoms with E-state index in [1.165, 1.54) is 0 Å². The third-order valence-corrected chi connectivity index (χ3v) is 3.30. The van der Waals surface area contributed by atoms with Crippen molar-refractivity contribution in [1.29, 1.82) is 0 Å². The molecule has 0 radical (unpaired) electrons. The zero-order chi connectivity index (χ0) is 9.52. The molecule has 0 aromatic heterocycles. The van der Waals surface area contributed by atoms with E-state index in [-0.39, 0.29) is 11.2 Å². The number of ketones is 1. The number of hydrogen-bond acceptors (Lipinski definition) is 1. The van der Waals surface area contributed by atoms with Crippen molar-refractivity contribution in [2.75, 3.05) is 0 Å². The lowest BCUT2D eigenvalue weighted by molar-refractivity contribution is -0.123. The molecular weight excluding hydrogens is 216 g/mol. The van der Waals surface area contributed by atoms with Crippen LogP contribution in [0.2, 0.25) is 0 Å². The fourth-order valence-electron chi connectivity index (χ4n) is 1.93. The summed E-state index contributed by atoms with van der Waals surface area (Å²) in [5.41, 5.74) is -0.215. The van der Waals surface area contributed by atoms with Gasteiger partial charge in [-0.3, -0.25) is 4.79 Å². The van der Waals surface area contributed by atoms with Crippen LogP contribution in [0.25, 0.3) is 0 Å². The maximum absolute atomic E-state index is 11.6. The van der Waals surface area contributed by atoms with Crippen LogP contribution in [-0.2, 0) is 4.79 Å². The Morgan fingerprint density at radius 3 is 2.17 bits per heavy atom. The average molecular weight is 231 g/mol. The molecule has 2 heteroatoms. The molecule has 0 N–H and O–H groups in total. The number of halogens is 1. The molecule has 12 heavy (non-hydrogen) atoms. The molecule has 0 fully saturated rings. The van der Waals surface area contributed by atoms with Gasteiger partial charge in [-0.05, 0) is 27.8 Å². The van der Waals surface area contributed by atoms with Gasteiger partial charge in [0.25, 0.3) is 0 Å². The van der Waals surface area contributed by atoms with Crippen LogP contribution in [0.1, 0.15) is 27.7 Å². The second kappa shape index (κ2) is 2.99. The third kappa shape index (κ3) is 1.37. The molecule has 1 atom stereocenters. The van der Waals surface area contributed by atoms with Crippen LogP contribution >= 0.6 is 15.9 Å². The molecule has 0 aromatic carbocycles. The van der Waals surface area contributed by atoms with E-state index in [1.807, 2.05) is 19.9 Å². The van der Waals surface area contributed by atoms with Crippen LogP contribution in [0.3, 0.4) is 0 Å². The van der Waals surface area contributed by atoms with Gasteiger partial charge in [0.2, 0.25) is 0 Å². The van der Waals surface area contributed by atoms with Crippen LogP contribution in [0.4, 0.5) is 0 Å². The predicted molar refractivity (Wildman–Crippen MR) is 54.1 cm³/mol. The van der Waals surface area contributed by atoms with E-state index in [0.29, 0.717) is 11.8 Å². The SMILES string of the molecule is CC(C)[C@@H]1C=C(Br)C(=O)C1(C)C. The lowest BCUT2D eigenvalue weighted by Gasteiger charge is -2.28. The highest BCUT2D eigenvalue weighted by molar-refractivity contribution is 9.12. The predicted octanol–water partition coefficient (Wildman–Crippen LogP) is 3.15. The van der Waals surface area contributed by atoms with E-state index >= 15 is 0 Å². The summed E-state index contributed by atoms with van der Waals surface area (Å²) in [5.74, 6) is 1.14. The van der Waals surface area contributed by atoms with Crippen molar-refractivity contribution in [2.24, 2.45) is 17.3 Å². The van der Waals surface area contributed by atoms with Crippen molar-refractivity contribution in [3.8, 4) is 0 Å². The van der Waals surface area contributed by atoms with Crippen LogP contribution < -0.4 is 0 Å². The van der Waals surface area contributed by atoms with E-state index < -0.39 is 0 Å². The summed E-state index contributed by atoms with van der Waals surface area (Å²) < 4.78 is 0.756. The first-order valence-corrected chi connectivity index (χ1v) is 5.08. The Morgan fingerprint density at radius 1 is 1.50 bits per heavy atom. The second-order valence-electron chi connectivity index (χ2n) is 4.34. The van der Waals surface area contributed by atoms with E-state index in [9.17, 15) is 4.79 Å². The standard InChI is InChI=1S/C10H15BrO/c1-6(2)7-5-8(11)9(12)10(7,3)4/h5-7H,1-4H3/t7-/m0/s1. The maximum Gasteiger partial charge on any atom is 0.175 e. The van der Waals surface area contributed by atoms with E-state index in [2.05, 4.69) is 29.8 Å². The molecule has 1 aliphatic rings. The summed E-state index contributed by atoms with van der Waals surface area (Å²) in [6, 6.07) is 0. The Balaban J connectivity index is 2.99. The largest absolute Gasteiger partial charge is 0.293 e. The summed E-state index contributed by atoms with van der Waals surface area (Å²) in [7, 11) is 0. The Hall–Kier alpha value is -0.110. The van der Waals surface area contributed by atoms with E-state index in [1.54, 1.807) is 0 Å². The van der Waals surface area contributed by atoms with Crippen LogP contribution in [0, 0.1) is 17.3 Å². The monoisotopic (exact) mass is 230 g/mol. The maximum atomic E-state index is 11.6. The topological polar surface area (TPSA) is 17.1 Å². The summed E-state index contributed by atoms with van der Waals surface area (Å²) in [6.45, 7) is 8.35. The zero-order valence-electron chi connectivity index (χ0n) is 8.02. The van der Waals surface area contributed by atoms with Gasteiger partial charge in [0.05, 0.1) is 4.48 Å². The molecule has 0 aromatic rings. The average Bonchev–Trinajstić information content (AvgIpc) is 2.13. The summed E-state index contributed by atoms with van der Waals surface area (Å²) in [5, 5.41) is 0. The van der Waals surface area contributed by atoms with E-state index in [4.69, 9.17) is 0 Å². The lowest BCUT2D eigenvalue weighted by Crippen LogP contribution is -2.29. The van der Waals surface area contributed by atoms with Crippen LogP contribution in [0.15, 0.2) is 10.6 Å². The van der Waals surface area contributed by atoms with Gasteiger partial charge in [0, 0.05) is 5.41 Å². The number of carbonyl (C=O) groups is 1. The molecule has 0 saturated heterocycles. The first-order chi connectivity index (χ1) is 5.37. The highest BCUT2D eigenvalue weighted by Crippen LogP contribution is 2.44. The molecule has 0 spiro atoms. The Morgan fingerprint density at radius 2 is 2.00 bits per heavy atom. The molecule has 0 unspecified atom stereocenters. The van der Waals surface area contributed by atoms with Gasteiger partial charge in [-0.25, -0.2) is 0 Å². The molecule has 1 aliphatic carbocycles. The number of hydrogen-bond donors (Lipinski definition) is 0. The quantitative estimate of drug-likeness (QED) is 0.677. The van der Waals surface area contributed by atoms with Crippen molar-refractivity contribution >= 4 is 21.7 Å². The number of rotatable bonds is 1. The number of Topliss-reactive ketones (excluding diaryl/α,β-unsaturated/α-hetero) is 1. The molecular formula is C10H15BrO. The highest BCUT2D eigenvalue weighted by atomic mass is 79.9. The minimum absolute atomic E-state index is 0.215. The minimum Gasteiger partial charge on any atom is -0.293 e. The van der Waals surface area contributed by atoms with Gasteiger partial charge >= 0.3 is 0 Å². The second-order valence-corrected chi connectivity index (χ2v) is 5.19. The molecule has 1 nitrogen and oxygen atoms in total. The van der Waals surface area contributed by atoms with Gasteiger partial charge in [0.1, 0.15) is 0 Å². The van der Waals surface area contributed by atoms with E-state index in [0.717, 1.165) is 4.48 Å². The fourth-order valence-corrected chi connectivity index (χ4v) is 2.72. The van der Waals surface area contributed by atoms with Gasteiger partial charge in [-0.15, -0.1) is 0 Å². The molecule has 0 saturated carbocycles. The minimum atomic E-state index is -0.215. The Bertz CT molecular complexity index is 238. The van der Waals surface area contributed by atoms with Gasteiger partial charge < -0.3 is 0 Å². The molecule has 0 bridgehead atoms. The normalized spacial score (nSPS) is 28.0. The Kier molecular flexibility index (Phi) is 2.48. The molecule has 68 valence electrons. The van der Waals surface area contributed by atoms with Crippen molar-refractivity contribution in [3.63, 3.8) is 0 Å². The number of carbonyl (C=O) groups excluding carboxylic acids is 1.